The molecule has 5 nitrogen and oxygen atoms in total. The lowest BCUT2D eigenvalue weighted by molar-refractivity contribution is -0.686. The summed E-state index contributed by atoms with van der Waals surface area (Å²) < 4.78 is 25.2. The normalized spacial score (nSPS) is 14.4. The van der Waals surface area contributed by atoms with Crippen molar-refractivity contribution >= 4 is 10.8 Å². The zero-order valence-corrected chi connectivity index (χ0v) is 19.1. The predicted octanol–water partition coefficient (Wildman–Crippen LogP) is 1.17. The second-order valence-corrected chi connectivity index (χ2v) is 7.82. The molecular formula is C24H26BrNO4. The molecule has 0 radical (unpaired) electrons. The molecule has 0 N–H and O–H groups in total. The zero-order valence-electron chi connectivity index (χ0n) is 17.5. The number of rotatable bonds is 6. The number of nitrogens with zero attached hydrogens (tertiary/aromatic N) is 1. The maximum atomic E-state index is 6.22. The fraction of sp³-hybridized carbons (Fsp3) is 0.375. The molecule has 0 spiro atoms. The van der Waals surface area contributed by atoms with Gasteiger partial charge < -0.3 is 35.9 Å². The van der Waals surface area contributed by atoms with Crippen molar-refractivity contribution in [3.05, 3.63) is 42.1 Å². The SMILES string of the molecule is COc1cc2c(cc1OC)-c1cc3ccc(OC)c(OCC4CC4)c3c[n+]1CC2.[Br-]. The molecular weight excluding hydrogens is 446 g/mol. The van der Waals surface area contributed by atoms with Gasteiger partial charge in [-0.25, -0.2) is 0 Å². The molecule has 1 saturated carbocycles. The number of hydrogen-bond donors (Lipinski definition) is 0. The third-order valence-corrected chi connectivity index (χ3v) is 5.97. The predicted molar refractivity (Wildman–Crippen MR) is 111 cm³/mol. The number of methoxy groups -OCH3 is 3. The maximum absolute atomic E-state index is 6.22. The molecule has 0 atom stereocenters. The Hall–Kier alpha value is -2.47. The number of fused-ring (bicyclic) bond motifs is 4. The van der Waals surface area contributed by atoms with Gasteiger partial charge in [0, 0.05) is 12.5 Å². The van der Waals surface area contributed by atoms with Crippen LogP contribution < -0.4 is 40.5 Å². The number of pyridine rings is 1. The van der Waals surface area contributed by atoms with Crippen molar-refractivity contribution in [1.82, 2.24) is 0 Å². The van der Waals surface area contributed by atoms with Gasteiger partial charge in [-0.15, -0.1) is 0 Å². The monoisotopic (exact) mass is 471 g/mol. The molecule has 1 fully saturated rings. The van der Waals surface area contributed by atoms with Gasteiger partial charge in [-0.05, 0) is 54.0 Å². The van der Waals surface area contributed by atoms with Gasteiger partial charge in [-0.2, -0.15) is 4.57 Å². The van der Waals surface area contributed by atoms with Gasteiger partial charge in [-0.3, -0.25) is 0 Å². The van der Waals surface area contributed by atoms with Gasteiger partial charge in [0.1, 0.15) is 0 Å². The molecule has 0 unspecified atom stereocenters. The Bertz CT molecular complexity index is 1090. The number of benzene rings is 2. The minimum atomic E-state index is 0. The van der Waals surface area contributed by atoms with Crippen LogP contribution in [-0.4, -0.2) is 27.9 Å². The molecule has 2 heterocycles. The molecule has 0 bridgehead atoms. The Morgan fingerprint density at radius 2 is 1.67 bits per heavy atom. The van der Waals surface area contributed by atoms with Crippen LogP contribution in [-0.2, 0) is 13.0 Å². The van der Waals surface area contributed by atoms with Crippen LogP contribution in [0.3, 0.4) is 0 Å². The Balaban J connectivity index is 0.00000218. The highest BCUT2D eigenvalue weighted by Gasteiger charge is 2.28. The van der Waals surface area contributed by atoms with E-state index in [0.29, 0.717) is 5.92 Å². The van der Waals surface area contributed by atoms with E-state index in [-0.39, 0.29) is 17.0 Å². The van der Waals surface area contributed by atoms with Crippen molar-refractivity contribution in [3.63, 3.8) is 0 Å². The molecule has 30 heavy (non-hydrogen) atoms. The molecule has 0 amide bonds. The second-order valence-electron chi connectivity index (χ2n) is 7.82. The summed E-state index contributed by atoms with van der Waals surface area (Å²) in [6, 6.07) is 10.5. The molecule has 6 heteroatoms. The van der Waals surface area contributed by atoms with E-state index in [4.69, 9.17) is 18.9 Å². The summed E-state index contributed by atoms with van der Waals surface area (Å²) in [5.74, 6) is 3.87. The molecule has 1 aliphatic heterocycles. The van der Waals surface area contributed by atoms with Crippen molar-refractivity contribution in [1.29, 1.82) is 0 Å². The van der Waals surface area contributed by atoms with Gasteiger partial charge in [-0.1, -0.05) is 0 Å². The summed E-state index contributed by atoms with van der Waals surface area (Å²) >= 11 is 0. The topological polar surface area (TPSA) is 40.8 Å². The molecule has 158 valence electrons. The van der Waals surface area contributed by atoms with Crippen LogP contribution >= 0.6 is 0 Å². The molecule has 1 aromatic heterocycles. The first-order valence-electron chi connectivity index (χ1n) is 10.1. The third kappa shape index (κ3) is 3.58. The Kier molecular flexibility index (Phi) is 5.78. The minimum Gasteiger partial charge on any atom is -1.00 e. The van der Waals surface area contributed by atoms with Gasteiger partial charge in [0.15, 0.2) is 35.7 Å². The van der Waals surface area contributed by atoms with Crippen LogP contribution in [0.1, 0.15) is 18.4 Å². The Morgan fingerprint density at radius 1 is 0.933 bits per heavy atom. The molecule has 5 rings (SSSR count). The average molecular weight is 472 g/mol. The van der Waals surface area contributed by atoms with Crippen molar-refractivity contribution in [2.24, 2.45) is 5.92 Å². The fourth-order valence-electron chi connectivity index (χ4n) is 4.13. The van der Waals surface area contributed by atoms with Crippen molar-refractivity contribution in [3.8, 4) is 34.3 Å². The molecule has 0 saturated heterocycles. The highest BCUT2D eigenvalue weighted by atomic mass is 79.9. The van der Waals surface area contributed by atoms with Crippen LogP contribution in [0.25, 0.3) is 22.0 Å². The van der Waals surface area contributed by atoms with Gasteiger partial charge in [0.05, 0.1) is 38.9 Å². The fourth-order valence-corrected chi connectivity index (χ4v) is 4.13. The lowest BCUT2D eigenvalue weighted by Gasteiger charge is -2.19. The highest BCUT2D eigenvalue weighted by molar-refractivity contribution is 5.91. The standard InChI is InChI=1S/C24H26NO4.BrH/c1-26-21-7-6-16-10-20-18-12-23(28-3)22(27-2)11-17(18)8-9-25(20)13-19(16)24(21)29-14-15-4-5-15;/h6-7,10-13,15H,4-5,8-9,14H2,1-3H3;1H/q+1;/p-1. The Morgan fingerprint density at radius 3 is 2.37 bits per heavy atom. The first kappa shape index (κ1) is 20.8. The summed E-state index contributed by atoms with van der Waals surface area (Å²) in [4.78, 5) is 0. The second kappa shape index (κ2) is 8.34. The quantitative estimate of drug-likeness (QED) is 0.506. The molecule has 2 aliphatic rings. The summed E-state index contributed by atoms with van der Waals surface area (Å²) in [5.41, 5.74) is 3.64. The summed E-state index contributed by atoms with van der Waals surface area (Å²) in [6.45, 7) is 1.67. The van der Waals surface area contributed by atoms with Crippen molar-refractivity contribution < 1.29 is 40.5 Å². The average Bonchev–Trinajstić information content (AvgIpc) is 3.59. The number of aryl methyl sites for hydroxylation is 2. The first-order valence-corrected chi connectivity index (χ1v) is 10.1. The third-order valence-electron chi connectivity index (χ3n) is 5.97. The maximum Gasteiger partial charge on any atom is 0.213 e. The zero-order chi connectivity index (χ0) is 20.0. The van der Waals surface area contributed by atoms with E-state index in [1.54, 1.807) is 21.3 Å². The van der Waals surface area contributed by atoms with Gasteiger partial charge in [0.2, 0.25) is 5.69 Å². The molecule has 2 aromatic carbocycles. The van der Waals surface area contributed by atoms with Crippen LogP contribution in [0.5, 0.6) is 23.0 Å². The summed E-state index contributed by atoms with van der Waals surface area (Å²) in [6.07, 6.45) is 5.68. The van der Waals surface area contributed by atoms with E-state index in [0.717, 1.165) is 53.3 Å². The Labute approximate surface area is 187 Å². The summed E-state index contributed by atoms with van der Waals surface area (Å²) in [7, 11) is 5.06. The minimum absolute atomic E-state index is 0. The lowest BCUT2D eigenvalue weighted by atomic mass is 9.95. The number of ether oxygens (including phenoxy) is 4. The molecule has 3 aromatic rings. The lowest BCUT2D eigenvalue weighted by Crippen LogP contribution is -3.00. The number of halogens is 1. The van der Waals surface area contributed by atoms with Crippen LogP contribution in [0, 0.1) is 5.92 Å². The smallest absolute Gasteiger partial charge is 0.213 e. The first-order chi connectivity index (χ1) is 14.2. The van der Waals surface area contributed by atoms with Crippen molar-refractivity contribution in [2.45, 2.75) is 25.8 Å². The van der Waals surface area contributed by atoms with E-state index in [9.17, 15) is 0 Å². The molecule has 1 aliphatic carbocycles. The van der Waals surface area contributed by atoms with Crippen LogP contribution in [0.2, 0.25) is 0 Å². The van der Waals surface area contributed by atoms with Crippen molar-refractivity contribution in [2.75, 3.05) is 27.9 Å². The van der Waals surface area contributed by atoms with E-state index < -0.39 is 0 Å². The van der Waals surface area contributed by atoms with Gasteiger partial charge >= 0.3 is 0 Å². The van der Waals surface area contributed by atoms with E-state index >= 15 is 0 Å². The summed E-state index contributed by atoms with van der Waals surface area (Å²) in [5, 5.41) is 2.24. The van der Waals surface area contributed by atoms with Crippen LogP contribution in [0.15, 0.2) is 36.5 Å². The number of hydrogen-bond acceptors (Lipinski definition) is 4. The van der Waals surface area contributed by atoms with Gasteiger partial charge in [0.25, 0.3) is 0 Å². The largest absolute Gasteiger partial charge is 1.00 e. The number of aromatic nitrogens is 1. The highest BCUT2D eigenvalue weighted by Crippen LogP contribution is 2.41. The van der Waals surface area contributed by atoms with E-state index in [1.165, 1.54) is 29.7 Å². The van der Waals surface area contributed by atoms with E-state index in [2.05, 4.69) is 35.0 Å². The van der Waals surface area contributed by atoms with Crippen LogP contribution in [0.4, 0.5) is 0 Å². The van der Waals surface area contributed by atoms with E-state index in [1.807, 2.05) is 6.07 Å².